The van der Waals surface area contributed by atoms with Crippen molar-refractivity contribution in [2.24, 2.45) is 0 Å². The molecule has 1 N–H and O–H groups in total. The number of fused-ring (bicyclic) bond motifs is 1. The molecule has 5 heteroatoms. The summed E-state index contributed by atoms with van der Waals surface area (Å²) in [7, 11) is 0. The largest absolute Gasteiger partial charge is 0.331 e. The number of aromatic amines is 1. The Hall–Kier alpha value is -1.65. The predicted molar refractivity (Wildman–Crippen MR) is 77.6 cm³/mol. The molecule has 0 aliphatic rings. The van der Waals surface area contributed by atoms with Crippen LogP contribution in [0, 0.1) is 10.6 Å². The average molecular weight is 293 g/mol. The number of benzene rings is 2. The lowest BCUT2D eigenvalue weighted by Gasteiger charge is -2.05. The lowest BCUT2D eigenvalue weighted by atomic mass is 10.2. The van der Waals surface area contributed by atoms with Crippen LogP contribution in [0.4, 0.5) is 4.39 Å². The summed E-state index contributed by atoms with van der Waals surface area (Å²) >= 11 is 11.3. The zero-order valence-corrected chi connectivity index (χ0v) is 11.4. The minimum Gasteiger partial charge on any atom is -0.331 e. The van der Waals surface area contributed by atoms with Crippen molar-refractivity contribution in [3.63, 3.8) is 0 Å². The normalized spacial score (nSPS) is 11.1. The van der Waals surface area contributed by atoms with Gasteiger partial charge in [0, 0.05) is 5.02 Å². The van der Waals surface area contributed by atoms with E-state index in [1.165, 1.54) is 12.1 Å². The van der Waals surface area contributed by atoms with E-state index in [9.17, 15) is 4.39 Å². The van der Waals surface area contributed by atoms with Gasteiger partial charge >= 0.3 is 0 Å². The van der Waals surface area contributed by atoms with Gasteiger partial charge in [0.1, 0.15) is 5.82 Å². The van der Waals surface area contributed by atoms with Crippen molar-refractivity contribution in [1.82, 2.24) is 9.55 Å². The van der Waals surface area contributed by atoms with Gasteiger partial charge in [-0.3, -0.25) is 0 Å². The highest BCUT2D eigenvalue weighted by Gasteiger charge is 2.05. The quantitative estimate of drug-likeness (QED) is 0.688. The molecular weight excluding hydrogens is 283 g/mol. The lowest BCUT2D eigenvalue weighted by Crippen LogP contribution is -1.99. The van der Waals surface area contributed by atoms with Crippen LogP contribution in [0.5, 0.6) is 0 Å². The van der Waals surface area contributed by atoms with Crippen LogP contribution in [-0.2, 0) is 6.54 Å². The number of hydrogen-bond donors (Lipinski definition) is 1. The summed E-state index contributed by atoms with van der Waals surface area (Å²) in [5.41, 5.74) is 2.88. The first-order chi connectivity index (χ1) is 9.13. The van der Waals surface area contributed by atoms with E-state index in [1.54, 1.807) is 12.1 Å². The first-order valence-electron chi connectivity index (χ1n) is 5.76. The molecule has 1 heterocycles. The summed E-state index contributed by atoms with van der Waals surface area (Å²) in [5, 5.41) is 0.665. The molecule has 0 saturated carbocycles. The van der Waals surface area contributed by atoms with Gasteiger partial charge in [-0.1, -0.05) is 23.7 Å². The third-order valence-corrected chi connectivity index (χ3v) is 3.55. The summed E-state index contributed by atoms with van der Waals surface area (Å²) in [6, 6.07) is 12.0. The van der Waals surface area contributed by atoms with Crippen molar-refractivity contribution in [3.8, 4) is 0 Å². The summed E-state index contributed by atoms with van der Waals surface area (Å²) in [5.74, 6) is -0.238. The fourth-order valence-electron chi connectivity index (χ4n) is 2.07. The van der Waals surface area contributed by atoms with E-state index in [-0.39, 0.29) is 5.82 Å². The van der Waals surface area contributed by atoms with Crippen LogP contribution in [0.3, 0.4) is 0 Å². The minimum absolute atomic E-state index is 0.238. The smallest absolute Gasteiger partial charge is 0.178 e. The van der Waals surface area contributed by atoms with Gasteiger partial charge in [0.2, 0.25) is 0 Å². The molecule has 2 nitrogen and oxygen atoms in total. The van der Waals surface area contributed by atoms with Gasteiger partial charge in [0.25, 0.3) is 0 Å². The standard InChI is InChI=1S/C14H10ClFN2S/c15-10-3-6-13-12(7-10)17-14(19)18(13)8-9-1-4-11(16)5-2-9/h1-7H,8H2,(H,17,19). The van der Waals surface area contributed by atoms with E-state index < -0.39 is 0 Å². The number of nitrogens with zero attached hydrogens (tertiary/aromatic N) is 1. The van der Waals surface area contributed by atoms with E-state index in [0.29, 0.717) is 16.3 Å². The van der Waals surface area contributed by atoms with E-state index in [0.717, 1.165) is 16.6 Å². The van der Waals surface area contributed by atoms with Crippen molar-refractivity contribution >= 4 is 34.9 Å². The number of imidazole rings is 1. The highest BCUT2D eigenvalue weighted by molar-refractivity contribution is 7.71. The summed E-state index contributed by atoms with van der Waals surface area (Å²) in [6.45, 7) is 0.598. The van der Waals surface area contributed by atoms with Crippen LogP contribution in [0.25, 0.3) is 11.0 Å². The second kappa shape index (κ2) is 4.79. The van der Waals surface area contributed by atoms with E-state index in [1.807, 2.05) is 22.8 Å². The molecule has 2 aromatic carbocycles. The molecule has 0 saturated heterocycles. The second-order valence-corrected chi connectivity index (χ2v) is 5.13. The SMILES string of the molecule is Fc1ccc(Cn2c(=S)[nH]c3cc(Cl)ccc32)cc1. The van der Waals surface area contributed by atoms with Crippen LogP contribution in [0.1, 0.15) is 5.56 Å². The highest BCUT2D eigenvalue weighted by atomic mass is 35.5. The monoisotopic (exact) mass is 292 g/mol. The third-order valence-electron chi connectivity index (χ3n) is 2.99. The van der Waals surface area contributed by atoms with Crippen molar-refractivity contribution in [2.45, 2.75) is 6.54 Å². The number of halogens is 2. The lowest BCUT2D eigenvalue weighted by molar-refractivity contribution is 0.626. The molecule has 0 unspecified atom stereocenters. The zero-order valence-electron chi connectivity index (χ0n) is 9.86. The third kappa shape index (κ3) is 2.41. The van der Waals surface area contributed by atoms with Crippen molar-refractivity contribution in [2.75, 3.05) is 0 Å². The second-order valence-electron chi connectivity index (χ2n) is 4.30. The molecule has 0 aliphatic heterocycles. The number of aromatic nitrogens is 2. The molecule has 0 spiro atoms. The summed E-state index contributed by atoms with van der Waals surface area (Å²) in [6.07, 6.45) is 0. The highest BCUT2D eigenvalue weighted by Crippen LogP contribution is 2.20. The molecule has 96 valence electrons. The van der Waals surface area contributed by atoms with Gasteiger partial charge in [0.15, 0.2) is 4.77 Å². The van der Waals surface area contributed by atoms with Crippen LogP contribution in [0.2, 0.25) is 5.02 Å². The van der Waals surface area contributed by atoms with Gasteiger partial charge in [-0.15, -0.1) is 0 Å². The maximum absolute atomic E-state index is 12.9. The van der Waals surface area contributed by atoms with E-state index >= 15 is 0 Å². The van der Waals surface area contributed by atoms with Crippen LogP contribution in [-0.4, -0.2) is 9.55 Å². The van der Waals surface area contributed by atoms with Gasteiger partial charge in [-0.2, -0.15) is 0 Å². The van der Waals surface area contributed by atoms with E-state index in [2.05, 4.69) is 4.98 Å². The molecule has 3 rings (SSSR count). The van der Waals surface area contributed by atoms with Crippen molar-refractivity contribution < 1.29 is 4.39 Å². The number of hydrogen-bond acceptors (Lipinski definition) is 1. The molecule has 1 aromatic heterocycles. The molecule has 0 fully saturated rings. The molecule has 3 aromatic rings. The molecule has 0 radical (unpaired) electrons. The predicted octanol–water partition coefficient (Wildman–Crippen LogP) is 4.54. The molecule has 0 atom stereocenters. The molecule has 19 heavy (non-hydrogen) atoms. The Morgan fingerprint density at radius 2 is 1.89 bits per heavy atom. The van der Waals surface area contributed by atoms with Gasteiger partial charge < -0.3 is 9.55 Å². The summed E-state index contributed by atoms with van der Waals surface area (Å²) < 4.78 is 15.5. The van der Waals surface area contributed by atoms with Crippen LogP contribution in [0.15, 0.2) is 42.5 Å². The van der Waals surface area contributed by atoms with Crippen molar-refractivity contribution in [3.05, 3.63) is 63.6 Å². The number of nitrogens with one attached hydrogen (secondary N) is 1. The van der Waals surface area contributed by atoms with Gasteiger partial charge in [-0.25, -0.2) is 4.39 Å². The molecule has 0 aliphatic carbocycles. The van der Waals surface area contributed by atoms with Gasteiger partial charge in [-0.05, 0) is 48.1 Å². The van der Waals surface area contributed by atoms with Gasteiger partial charge in [0.05, 0.1) is 17.6 Å². The first kappa shape index (κ1) is 12.4. The Bertz CT molecular complexity index is 789. The Labute approximate surface area is 119 Å². The average Bonchev–Trinajstić information content (AvgIpc) is 2.68. The fraction of sp³-hybridized carbons (Fsp3) is 0.0714. The Morgan fingerprint density at radius 1 is 1.16 bits per heavy atom. The topological polar surface area (TPSA) is 20.7 Å². The first-order valence-corrected chi connectivity index (χ1v) is 6.54. The Balaban J connectivity index is 2.07. The van der Waals surface area contributed by atoms with Crippen LogP contribution >= 0.6 is 23.8 Å². The maximum atomic E-state index is 12.9. The van der Waals surface area contributed by atoms with E-state index in [4.69, 9.17) is 23.8 Å². The van der Waals surface area contributed by atoms with Crippen LogP contribution < -0.4 is 0 Å². The minimum atomic E-state index is -0.238. The maximum Gasteiger partial charge on any atom is 0.178 e. The number of rotatable bonds is 2. The molecule has 0 amide bonds. The zero-order chi connectivity index (χ0) is 13.4. The molecular formula is C14H10ClFN2S. The molecule has 0 bridgehead atoms. The Morgan fingerprint density at radius 3 is 2.63 bits per heavy atom. The fourth-order valence-corrected chi connectivity index (χ4v) is 2.51. The Kier molecular flexibility index (Phi) is 3.12. The van der Waals surface area contributed by atoms with Crippen molar-refractivity contribution in [1.29, 1.82) is 0 Å². The number of H-pyrrole nitrogens is 1. The summed E-state index contributed by atoms with van der Waals surface area (Å²) in [4.78, 5) is 3.12.